The summed E-state index contributed by atoms with van der Waals surface area (Å²) in [5, 5.41) is 0. The van der Waals surface area contributed by atoms with Crippen LogP contribution in [0.2, 0.25) is 0 Å². The predicted molar refractivity (Wildman–Crippen MR) is 201 cm³/mol. The van der Waals surface area contributed by atoms with Crippen molar-refractivity contribution in [2.75, 3.05) is 0 Å². The minimum atomic E-state index is 0. The molecule has 0 rings (SSSR count). The van der Waals surface area contributed by atoms with Crippen LogP contribution >= 0.6 is 335 Å². The normalized spacial score (nSPS) is 0. The molecule has 0 unspecified atom stereocenters. The first kappa shape index (κ1) is 523. The Balaban J connectivity index is 0. The second kappa shape index (κ2) is 488. The molecule has 0 spiro atoms. The van der Waals surface area contributed by atoms with E-state index in [4.69, 9.17) is 0 Å². The van der Waals surface area contributed by atoms with Crippen molar-refractivity contribution < 1.29 is 155 Å². The van der Waals surface area contributed by atoms with Crippen LogP contribution in [0.1, 0.15) is 7.13 Å². The molecule has 0 aromatic heterocycles. The molecule has 0 saturated heterocycles. The van der Waals surface area contributed by atoms with Crippen molar-refractivity contribution >= 4 is 335 Å². The van der Waals surface area contributed by atoms with E-state index in [1.807, 2.05) is 0 Å². The van der Waals surface area contributed by atoms with Gasteiger partial charge in [-0.25, -0.2) is 0 Å². The van der Waals surface area contributed by atoms with E-state index < -0.39 is 0 Å². The average molecular weight is 1100 g/mol. The molecule has 0 amide bonds. The van der Waals surface area contributed by atoms with E-state index in [0.29, 0.717) is 0 Å². The van der Waals surface area contributed by atoms with Gasteiger partial charge in [-0.15, -0.1) is 335 Å². The molecule has 0 bridgehead atoms. The maximum atomic E-state index is 0. The van der Waals surface area contributed by atoms with Crippen molar-refractivity contribution in [3.8, 4) is 0 Å². The Labute approximate surface area is 479 Å². The largest absolute Gasteiger partial charge is 1.00 e. The van der Waals surface area contributed by atoms with Crippen LogP contribution in [0.25, 0.3) is 0 Å². The zero-order valence-corrected chi connectivity index (χ0v) is 48.1. The summed E-state index contributed by atoms with van der Waals surface area (Å²) in [5.41, 5.74) is 0. The van der Waals surface area contributed by atoms with Gasteiger partial charge < -0.3 is 7.13 Å². The fourth-order valence-corrected chi connectivity index (χ4v) is 0. The van der Waals surface area contributed by atoms with Gasteiger partial charge in [0.2, 0.25) is 0 Å². The molecule has 0 aliphatic carbocycles. The van der Waals surface area contributed by atoms with E-state index in [-0.39, 0.29) is 490 Å². The Hall–Kier alpha value is 12.8. The Bertz CT molecular complexity index is 41.1. The fourth-order valence-electron chi connectivity index (χ4n) is 0. The first-order valence-electron chi connectivity index (χ1n) is 0. The standard InChI is InChI=1S/27ClH.5Na.5H/h27*1H;;;;;;;;;;/q;;;;;;;;;;;;;;;;;;;;;;;;;;;5*+1;5*-1. The zero-order chi connectivity index (χ0) is 0. The molecule has 0 aromatic carbocycles. The maximum Gasteiger partial charge on any atom is 1.00 e. The summed E-state index contributed by atoms with van der Waals surface area (Å²) in [6, 6.07) is 0. The van der Waals surface area contributed by atoms with Crippen molar-refractivity contribution in [2.24, 2.45) is 0 Å². The van der Waals surface area contributed by atoms with Crippen molar-refractivity contribution in [1.82, 2.24) is 0 Å². The van der Waals surface area contributed by atoms with E-state index in [1.165, 1.54) is 0 Å². The molecule has 0 heterocycles. The number of hydrogen-bond acceptors (Lipinski definition) is 0. The fraction of sp³-hybridized carbons (Fsp3) is 0. The Morgan fingerprint density at radius 3 is 0.0938 bits per heavy atom. The Morgan fingerprint density at radius 2 is 0.0938 bits per heavy atom. The maximum absolute atomic E-state index is 0. The summed E-state index contributed by atoms with van der Waals surface area (Å²) in [6.45, 7) is 0. The SMILES string of the molecule is Cl.Cl.Cl.Cl.Cl.Cl.Cl.Cl.Cl.Cl.Cl.Cl.Cl.Cl.Cl.Cl.Cl.Cl.Cl.Cl.Cl.Cl.Cl.Cl.Cl.Cl.Cl.[H-].[H-].[H-].[H-].[H-].[Na+].[Na+].[Na+].[Na+].[Na+]. The molecule has 0 saturated carbocycles. The van der Waals surface area contributed by atoms with Crippen LogP contribution < -0.4 is 148 Å². The smallest absolute Gasteiger partial charge is 1.00 e. The summed E-state index contributed by atoms with van der Waals surface area (Å²) in [4.78, 5) is 0. The molecule has 0 N–H and O–H groups in total. The Morgan fingerprint density at radius 1 is 0.0938 bits per heavy atom. The molecule has 0 atom stereocenters. The van der Waals surface area contributed by atoms with Crippen LogP contribution in [0.4, 0.5) is 0 Å². The van der Waals surface area contributed by atoms with Crippen LogP contribution in [-0.4, -0.2) is 0 Å². The van der Waals surface area contributed by atoms with Gasteiger partial charge in [0, 0.05) is 0 Å². The zero-order valence-electron chi connectivity index (χ0n) is 21.0. The van der Waals surface area contributed by atoms with E-state index in [1.54, 1.807) is 0 Å². The third-order valence-corrected chi connectivity index (χ3v) is 0. The van der Waals surface area contributed by atoms with Crippen molar-refractivity contribution in [3.63, 3.8) is 0 Å². The molecule has 0 aliphatic rings. The minimum Gasteiger partial charge on any atom is -1.00 e. The van der Waals surface area contributed by atoms with Crippen LogP contribution in [0.15, 0.2) is 0 Å². The molecule has 32 heteroatoms. The van der Waals surface area contributed by atoms with Crippen molar-refractivity contribution in [1.29, 1.82) is 0 Å². The van der Waals surface area contributed by atoms with Gasteiger partial charge in [-0.1, -0.05) is 0 Å². The average Bonchev–Trinajstić information content (AvgIpc) is 0. The molecule has 226 valence electrons. The van der Waals surface area contributed by atoms with Gasteiger partial charge in [0.15, 0.2) is 0 Å². The minimum absolute atomic E-state index is 0. The third kappa shape index (κ3) is 455. The first-order valence-corrected chi connectivity index (χ1v) is 0. The second-order valence-electron chi connectivity index (χ2n) is 0. The van der Waals surface area contributed by atoms with Gasteiger partial charge in [-0.05, 0) is 0 Å². The van der Waals surface area contributed by atoms with E-state index in [2.05, 4.69) is 0 Å². The summed E-state index contributed by atoms with van der Waals surface area (Å²) < 4.78 is 0. The number of rotatable bonds is 0. The monoisotopic (exact) mass is 1090 g/mol. The second-order valence-corrected chi connectivity index (χ2v) is 0. The van der Waals surface area contributed by atoms with E-state index in [0.717, 1.165) is 0 Å². The van der Waals surface area contributed by atoms with Crippen molar-refractivity contribution in [2.45, 2.75) is 0 Å². The van der Waals surface area contributed by atoms with Crippen LogP contribution in [0, 0.1) is 0 Å². The van der Waals surface area contributed by atoms with E-state index >= 15 is 0 Å². The summed E-state index contributed by atoms with van der Waals surface area (Å²) in [7, 11) is 0. The molecule has 0 aromatic rings. The van der Waals surface area contributed by atoms with Crippen LogP contribution in [0.5, 0.6) is 0 Å². The molecule has 0 radical (unpaired) electrons. The van der Waals surface area contributed by atoms with Gasteiger partial charge in [0.1, 0.15) is 0 Å². The molecule has 0 aliphatic heterocycles. The van der Waals surface area contributed by atoms with Crippen LogP contribution in [-0.2, 0) is 0 Å². The summed E-state index contributed by atoms with van der Waals surface area (Å²) >= 11 is 0. The number of halogens is 27. The van der Waals surface area contributed by atoms with Crippen molar-refractivity contribution in [3.05, 3.63) is 0 Å². The molecular weight excluding hydrogens is 1070 g/mol. The topological polar surface area (TPSA) is 0 Å². The quantitative estimate of drug-likeness (QED) is 0.227. The number of hydrogen-bond donors (Lipinski definition) is 0. The first-order chi connectivity index (χ1) is 0. The van der Waals surface area contributed by atoms with Gasteiger partial charge in [-0.2, -0.15) is 0 Å². The Kier molecular flexibility index (Phi) is 7990. The van der Waals surface area contributed by atoms with E-state index in [9.17, 15) is 0 Å². The predicted octanol–water partition coefficient (Wildman–Crippen LogP) is -3.03. The third-order valence-electron chi connectivity index (χ3n) is 0. The van der Waals surface area contributed by atoms with Gasteiger partial charge in [-0.3, -0.25) is 0 Å². The molecular formula is H32Cl27Na5. The molecule has 32 heavy (non-hydrogen) atoms. The van der Waals surface area contributed by atoms with Gasteiger partial charge in [0.05, 0.1) is 0 Å². The summed E-state index contributed by atoms with van der Waals surface area (Å²) in [5.74, 6) is 0. The molecule has 0 fully saturated rings. The van der Waals surface area contributed by atoms with Crippen LogP contribution in [0.3, 0.4) is 0 Å². The van der Waals surface area contributed by atoms with Gasteiger partial charge >= 0.3 is 148 Å². The molecule has 0 nitrogen and oxygen atoms in total. The van der Waals surface area contributed by atoms with Gasteiger partial charge in [0.25, 0.3) is 0 Å². The summed E-state index contributed by atoms with van der Waals surface area (Å²) in [6.07, 6.45) is 0.